The molecule has 0 fully saturated rings. The SMILES string of the molecule is C=CCc1c(CC)nc(C2=CCC=CS2)nc1Nc1ccc(C(OCC)C(=O)O)cc1. The highest BCUT2D eigenvalue weighted by Gasteiger charge is 2.20. The number of anilines is 2. The summed E-state index contributed by atoms with van der Waals surface area (Å²) in [5, 5.41) is 14.8. The number of carboxylic acid groups (broad SMARTS) is 1. The molecule has 0 saturated heterocycles. The molecular weight excluding hydrogens is 410 g/mol. The smallest absolute Gasteiger partial charge is 0.337 e. The predicted molar refractivity (Wildman–Crippen MR) is 126 cm³/mol. The van der Waals surface area contributed by atoms with E-state index in [0.29, 0.717) is 24.4 Å². The van der Waals surface area contributed by atoms with E-state index in [9.17, 15) is 9.90 Å². The normalized spacial score (nSPS) is 14.1. The lowest BCUT2D eigenvalue weighted by Gasteiger charge is -2.17. The van der Waals surface area contributed by atoms with E-state index in [-0.39, 0.29) is 0 Å². The van der Waals surface area contributed by atoms with Crippen molar-refractivity contribution in [2.24, 2.45) is 0 Å². The maximum absolute atomic E-state index is 11.5. The number of nitrogens with one attached hydrogen (secondary N) is 1. The van der Waals surface area contributed by atoms with Gasteiger partial charge in [-0.1, -0.05) is 49.0 Å². The molecule has 2 aromatic rings. The van der Waals surface area contributed by atoms with Gasteiger partial charge < -0.3 is 15.2 Å². The van der Waals surface area contributed by atoms with Gasteiger partial charge in [0.15, 0.2) is 11.9 Å². The van der Waals surface area contributed by atoms with Crippen LogP contribution in [0.15, 0.2) is 54.5 Å². The molecule has 3 rings (SSSR count). The van der Waals surface area contributed by atoms with Crippen LogP contribution in [0, 0.1) is 0 Å². The molecule has 0 aliphatic carbocycles. The Kier molecular flexibility index (Phi) is 8.03. The zero-order valence-electron chi connectivity index (χ0n) is 17.8. The van der Waals surface area contributed by atoms with Gasteiger partial charge in [0.1, 0.15) is 5.82 Å². The second-order valence-corrected chi connectivity index (χ2v) is 7.83. The number of rotatable bonds is 10. The Morgan fingerprint density at radius 2 is 2.10 bits per heavy atom. The lowest BCUT2D eigenvalue weighted by molar-refractivity contribution is -0.150. The number of carbonyl (C=O) groups is 1. The summed E-state index contributed by atoms with van der Waals surface area (Å²) in [6, 6.07) is 7.20. The van der Waals surface area contributed by atoms with E-state index < -0.39 is 12.1 Å². The fourth-order valence-corrected chi connectivity index (χ4v) is 4.04. The summed E-state index contributed by atoms with van der Waals surface area (Å²) in [7, 11) is 0. The van der Waals surface area contributed by atoms with Gasteiger partial charge in [0, 0.05) is 23.6 Å². The van der Waals surface area contributed by atoms with Crippen molar-refractivity contribution < 1.29 is 14.6 Å². The zero-order valence-corrected chi connectivity index (χ0v) is 18.6. The molecule has 31 heavy (non-hydrogen) atoms. The van der Waals surface area contributed by atoms with Crippen LogP contribution >= 0.6 is 11.8 Å². The molecule has 162 valence electrons. The standard InChI is InChI=1S/C24H27N3O3S/c1-4-9-18-19(5-2)26-23(20-10-7-8-15-31-20)27-22(18)25-17-13-11-16(12-14-17)21(24(28)29)30-6-3/h4,8,10-15,21H,1,5-7,9H2,2-3H3,(H,28,29)(H,25,26,27). The largest absolute Gasteiger partial charge is 0.479 e. The molecular formula is C24H27N3O3S. The number of nitrogens with zero attached hydrogens (tertiary/aromatic N) is 2. The molecule has 0 saturated carbocycles. The van der Waals surface area contributed by atoms with Crippen molar-refractivity contribution in [1.29, 1.82) is 0 Å². The molecule has 1 aliphatic heterocycles. The van der Waals surface area contributed by atoms with Gasteiger partial charge in [0.2, 0.25) is 0 Å². The molecule has 2 N–H and O–H groups in total. The minimum Gasteiger partial charge on any atom is -0.479 e. The first-order valence-electron chi connectivity index (χ1n) is 10.3. The van der Waals surface area contributed by atoms with Crippen LogP contribution in [0.2, 0.25) is 0 Å². The van der Waals surface area contributed by atoms with Gasteiger partial charge in [-0.2, -0.15) is 0 Å². The number of ether oxygens (including phenoxy) is 1. The molecule has 1 aromatic carbocycles. The van der Waals surface area contributed by atoms with E-state index in [4.69, 9.17) is 14.7 Å². The van der Waals surface area contributed by atoms with Crippen LogP contribution in [0.3, 0.4) is 0 Å². The summed E-state index contributed by atoms with van der Waals surface area (Å²) in [6.07, 6.45) is 7.42. The quantitative estimate of drug-likeness (QED) is 0.464. The zero-order chi connectivity index (χ0) is 22.2. The monoisotopic (exact) mass is 437 g/mol. The molecule has 1 aliphatic rings. The van der Waals surface area contributed by atoms with Gasteiger partial charge in [0.25, 0.3) is 0 Å². The predicted octanol–water partition coefficient (Wildman–Crippen LogP) is 5.66. The average molecular weight is 438 g/mol. The molecule has 1 atom stereocenters. The number of carboxylic acids is 1. The van der Waals surface area contributed by atoms with E-state index in [1.54, 1.807) is 30.8 Å². The third-order valence-electron chi connectivity index (χ3n) is 4.76. The summed E-state index contributed by atoms with van der Waals surface area (Å²) in [4.78, 5) is 22.1. The molecule has 7 heteroatoms. The van der Waals surface area contributed by atoms with Crippen LogP contribution in [0.25, 0.3) is 4.91 Å². The number of allylic oxidation sites excluding steroid dienone is 3. The lowest BCUT2D eigenvalue weighted by atomic mass is 10.1. The summed E-state index contributed by atoms with van der Waals surface area (Å²) < 4.78 is 5.35. The van der Waals surface area contributed by atoms with Crippen LogP contribution in [-0.4, -0.2) is 27.7 Å². The van der Waals surface area contributed by atoms with Crippen molar-refractivity contribution in [2.45, 2.75) is 39.2 Å². The summed E-state index contributed by atoms with van der Waals surface area (Å²) >= 11 is 1.62. The Morgan fingerprint density at radius 1 is 1.32 bits per heavy atom. The number of thioether (sulfide) groups is 1. The van der Waals surface area contributed by atoms with Crippen LogP contribution in [0.5, 0.6) is 0 Å². The van der Waals surface area contributed by atoms with E-state index in [1.165, 1.54) is 0 Å². The van der Waals surface area contributed by atoms with E-state index >= 15 is 0 Å². The van der Waals surface area contributed by atoms with Crippen LogP contribution < -0.4 is 5.32 Å². The van der Waals surface area contributed by atoms with E-state index in [0.717, 1.165) is 40.5 Å². The third kappa shape index (κ3) is 5.62. The molecule has 6 nitrogen and oxygen atoms in total. The first-order valence-corrected chi connectivity index (χ1v) is 11.2. The number of aliphatic carboxylic acids is 1. The van der Waals surface area contributed by atoms with Gasteiger partial charge in [-0.3, -0.25) is 0 Å². The highest BCUT2D eigenvalue weighted by Crippen LogP contribution is 2.33. The number of benzene rings is 1. The van der Waals surface area contributed by atoms with Crippen LogP contribution in [0.4, 0.5) is 11.5 Å². The number of aromatic nitrogens is 2. The summed E-state index contributed by atoms with van der Waals surface area (Å²) in [5.41, 5.74) is 3.41. The van der Waals surface area contributed by atoms with Crippen molar-refractivity contribution in [3.8, 4) is 0 Å². The summed E-state index contributed by atoms with van der Waals surface area (Å²) in [6.45, 7) is 8.07. The minimum atomic E-state index is -1.00. The van der Waals surface area contributed by atoms with E-state index in [1.807, 2.05) is 18.2 Å². The van der Waals surface area contributed by atoms with Gasteiger partial charge in [-0.25, -0.2) is 14.8 Å². The Labute approximate surface area is 187 Å². The number of aryl methyl sites for hydroxylation is 1. The second-order valence-electron chi connectivity index (χ2n) is 6.88. The Bertz CT molecular complexity index is 1000. The molecule has 2 heterocycles. The molecule has 0 amide bonds. The van der Waals surface area contributed by atoms with Crippen LogP contribution in [-0.2, 0) is 22.4 Å². The topological polar surface area (TPSA) is 84.3 Å². The first kappa shape index (κ1) is 22.8. The maximum atomic E-state index is 11.5. The fraction of sp³-hybridized carbons (Fsp3) is 0.292. The highest BCUT2D eigenvalue weighted by molar-refractivity contribution is 8.10. The van der Waals surface area contributed by atoms with Crippen molar-refractivity contribution >= 4 is 34.1 Å². The highest BCUT2D eigenvalue weighted by atomic mass is 32.2. The van der Waals surface area contributed by atoms with E-state index in [2.05, 4.69) is 36.4 Å². The molecule has 0 spiro atoms. The number of hydrogen-bond donors (Lipinski definition) is 2. The Balaban J connectivity index is 1.94. The van der Waals surface area contributed by atoms with Crippen molar-refractivity contribution in [1.82, 2.24) is 9.97 Å². The number of hydrogen-bond acceptors (Lipinski definition) is 6. The minimum absolute atomic E-state index is 0.328. The van der Waals surface area contributed by atoms with Crippen molar-refractivity contribution in [3.63, 3.8) is 0 Å². The van der Waals surface area contributed by atoms with Crippen LogP contribution in [0.1, 0.15) is 49.0 Å². The molecule has 1 aromatic heterocycles. The van der Waals surface area contributed by atoms with Crippen molar-refractivity contribution in [3.05, 3.63) is 77.1 Å². The van der Waals surface area contributed by atoms with Gasteiger partial charge >= 0.3 is 5.97 Å². The Hall–Kier alpha value is -2.90. The Morgan fingerprint density at radius 3 is 2.68 bits per heavy atom. The first-order chi connectivity index (χ1) is 15.1. The summed E-state index contributed by atoms with van der Waals surface area (Å²) in [5.74, 6) is 0.446. The molecule has 0 bridgehead atoms. The lowest BCUT2D eigenvalue weighted by Crippen LogP contribution is -2.15. The third-order valence-corrected chi connectivity index (χ3v) is 5.69. The molecule has 1 unspecified atom stereocenters. The fourth-order valence-electron chi connectivity index (χ4n) is 3.29. The van der Waals surface area contributed by atoms with Gasteiger partial charge in [0.05, 0.1) is 4.91 Å². The van der Waals surface area contributed by atoms with Gasteiger partial charge in [-0.15, -0.1) is 6.58 Å². The maximum Gasteiger partial charge on any atom is 0.337 e. The molecule has 0 radical (unpaired) electrons. The average Bonchev–Trinajstić information content (AvgIpc) is 2.79. The van der Waals surface area contributed by atoms with Crippen molar-refractivity contribution in [2.75, 3.05) is 11.9 Å². The van der Waals surface area contributed by atoms with Gasteiger partial charge in [-0.05, 0) is 49.3 Å². The second kappa shape index (κ2) is 10.9.